The van der Waals surface area contributed by atoms with Crippen molar-refractivity contribution in [2.45, 2.75) is 38.7 Å². The number of carbonyl (C=O) groups is 2. The number of anilines is 2. The second-order valence-electron chi connectivity index (χ2n) is 9.18. The average Bonchev–Trinajstić information content (AvgIpc) is 2.84. The molecule has 0 saturated heterocycles. The molecule has 0 N–H and O–H groups in total. The van der Waals surface area contributed by atoms with Crippen LogP contribution < -0.4 is 14.5 Å². The summed E-state index contributed by atoms with van der Waals surface area (Å²) in [6, 6.07) is 23.6. The highest BCUT2D eigenvalue weighted by Crippen LogP contribution is 2.39. The van der Waals surface area contributed by atoms with Crippen LogP contribution in [0.3, 0.4) is 0 Å². The van der Waals surface area contributed by atoms with E-state index >= 15 is 0 Å². The molecule has 5 heteroatoms. The van der Waals surface area contributed by atoms with Crippen molar-refractivity contribution in [1.82, 2.24) is 0 Å². The normalized spacial score (nSPS) is 16.6. The average molecular weight is 441 g/mol. The Balaban J connectivity index is 1.48. The van der Waals surface area contributed by atoms with E-state index in [9.17, 15) is 9.59 Å². The van der Waals surface area contributed by atoms with E-state index in [2.05, 4.69) is 18.2 Å². The fourth-order valence-electron chi connectivity index (χ4n) is 4.71. The van der Waals surface area contributed by atoms with Crippen LogP contribution in [0, 0.1) is 0 Å². The zero-order chi connectivity index (χ0) is 23.0. The molecular weight excluding hydrogens is 412 g/mol. The summed E-state index contributed by atoms with van der Waals surface area (Å²) in [5, 5.41) is 0. The number of aryl methyl sites for hydroxylation is 1. The third-order valence-electron chi connectivity index (χ3n) is 6.44. The van der Waals surface area contributed by atoms with E-state index in [1.165, 1.54) is 5.56 Å². The number of benzene rings is 3. The lowest BCUT2D eigenvalue weighted by Crippen LogP contribution is -2.53. The number of hydrogen-bond donors (Lipinski definition) is 0. The maximum absolute atomic E-state index is 13.5. The molecule has 3 aromatic carbocycles. The van der Waals surface area contributed by atoms with Crippen molar-refractivity contribution in [3.05, 3.63) is 89.5 Å². The second kappa shape index (κ2) is 8.39. The molecule has 0 bridgehead atoms. The van der Waals surface area contributed by atoms with E-state index in [1.54, 1.807) is 24.8 Å². The highest BCUT2D eigenvalue weighted by atomic mass is 16.5. The summed E-state index contributed by atoms with van der Waals surface area (Å²) in [5.74, 6) is 0.479. The molecule has 2 aliphatic heterocycles. The van der Waals surface area contributed by atoms with E-state index in [0.717, 1.165) is 30.5 Å². The Labute approximate surface area is 194 Å². The van der Waals surface area contributed by atoms with Gasteiger partial charge in [-0.25, -0.2) is 0 Å². The molecular formula is C28H28N2O3. The predicted octanol–water partition coefficient (Wildman–Crippen LogP) is 5.03. The smallest absolute Gasteiger partial charge is 0.270 e. The first-order valence-electron chi connectivity index (χ1n) is 11.5. The van der Waals surface area contributed by atoms with E-state index in [4.69, 9.17) is 4.74 Å². The number of para-hydroxylation sites is 1. The minimum atomic E-state index is -0.957. The van der Waals surface area contributed by atoms with Crippen LogP contribution in [0.25, 0.3) is 0 Å². The standard InChI is InChI=1S/C28H28N2O3/c1-28(2)27(32)30(18-16-20-9-4-3-5-10-20)24-19-22(14-15-25(24)33-28)26(31)29-17-8-12-21-11-6-7-13-23(21)29/h3-7,9-11,13-15,19H,8,12,16-18H2,1-2H3. The molecule has 0 saturated carbocycles. The lowest BCUT2D eigenvalue weighted by molar-refractivity contribution is -0.132. The highest BCUT2D eigenvalue weighted by molar-refractivity contribution is 6.09. The fraction of sp³-hybridized carbons (Fsp3) is 0.286. The van der Waals surface area contributed by atoms with Crippen molar-refractivity contribution >= 4 is 23.2 Å². The number of amides is 2. The maximum atomic E-state index is 13.5. The van der Waals surface area contributed by atoms with E-state index in [0.29, 0.717) is 30.1 Å². The topological polar surface area (TPSA) is 49.9 Å². The minimum absolute atomic E-state index is 0.0507. The Kier molecular flexibility index (Phi) is 5.41. The van der Waals surface area contributed by atoms with Crippen LogP contribution in [0.4, 0.5) is 11.4 Å². The molecule has 3 aromatic rings. The van der Waals surface area contributed by atoms with Crippen molar-refractivity contribution in [3.8, 4) is 5.75 Å². The van der Waals surface area contributed by atoms with Crippen LogP contribution in [0.15, 0.2) is 72.8 Å². The molecule has 0 fully saturated rings. The van der Waals surface area contributed by atoms with Crippen molar-refractivity contribution in [1.29, 1.82) is 0 Å². The van der Waals surface area contributed by atoms with E-state index in [-0.39, 0.29) is 11.8 Å². The first-order chi connectivity index (χ1) is 15.9. The lowest BCUT2D eigenvalue weighted by Gasteiger charge is -2.39. The van der Waals surface area contributed by atoms with Gasteiger partial charge in [-0.2, -0.15) is 0 Å². The number of fused-ring (bicyclic) bond motifs is 2. The summed E-state index contributed by atoms with van der Waals surface area (Å²) in [7, 11) is 0. The van der Waals surface area contributed by atoms with Gasteiger partial charge in [0.15, 0.2) is 5.60 Å². The molecule has 0 aromatic heterocycles. The molecule has 2 aliphatic rings. The first-order valence-corrected chi connectivity index (χ1v) is 11.5. The largest absolute Gasteiger partial charge is 0.476 e. The minimum Gasteiger partial charge on any atom is -0.476 e. The summed E-state index contributed by atoms with van der Waals surface area (Å²) in [6.07, 6.45) is 2.64. The van der Waals surface area contributed by atoms with Gasteiger partial charge in [-0.3, -0.25) is 9.59 Å². The zero-order valence-corrected chi connectivity index (χ0v) is 19.1. The Hall–Kier alpha value is -3.60. The van der Waals surface area contributed by atoms with Gasteiger partial charge < -0.3 is 14.5 Å². The van der Waals surface area contributed by atoms with Gasteiger partial charge in [0, 0.05) is 24.3 Å². The van der Waals surface area contributed by atoms with Gasteiger partial charge in [0.1, 0.15) is 5.75 Å². The van der Waals surface area contributed by atoms with Gasteiger partial charge in [-0.1, -0.05) is 48.5 Å². The molecule has 5 nitrogen and oxygen atoms in total. The van der Waals surface area contributed by atoms with Crippen LogP contribution in [-0.4, -0.2) is 30.5 Å². The van der Waals surface area contributed by atoms with Crippen LogP contribution in [-0.2, 0) is 17.6 Å². The van der Waals surface area contributed by atoms with Crippen LogP contribution in [0.1, 0.15) is 41.8 Å². The molecule has 33 heavy (non-hydrogen) atoms. The molecule has 0 spiro atoms. The third-order valence-corrected chi connectivity index (χ3v) is 6.44. The van der Waals surface area contributed by atoms with Gasteiger partial charge in [-0.05, 0) is 68.5 Å². The second-order valence-corrected chi connectivity index (χ2v) is 9.18. The van der Waals surface area contributed by atoms with Crippen LogP contribution in [0.5, 0.6) is 5.75 Å². The predicted molar refractivity (Wildman–Crippen MR) is 130 cm³/mol. The molecule has 2 heterocycles. The molecule has 168 valence electrons. The van der Waals surface area contributed by atoms with Gasteiger partial charge in [-0.15, -0.1) is 0 Å². The summed E-state index contributed by atoms with van der Waals surface area (Å²) in [5.41, 5.74) is 3.59. The molecule has 2 amide bonds. The molecule has 0 unspecified atom stereocenters. The van der Waals surface area contributed by atoms with E-state index < -0.39 is 5.60 Å². The van der Waals surface area contributed by atoms with Crippen molar-refractivity contribution in [3.63, 3.8) is 0 Å². The van der Waals surface area contributed by atoms with Gasteiger partial charge in [0.25, 0.3) is 11.8 Å². The van der Waals surface area contributed by atoms with Gasteiger partial charge >= 0.3 is 0 Å². The van der Waals surface area contributed by atoms with Gasteiger partial charge in [0.05, 0.1) is 5.69 Å². The quantitative estimate of drug-likeness (QED) is 0.572. The van der Waals surface area contributed by atoms with E-state index in [1.807, 2.05) is 53.4 Å². The number of nitrogens with zero attached hydrogens (tertiary/aromatic N) is 2. The van der Waals surface area contributed by atoms with Crippen LogP contribution in [0.2, 0.25) is 0 Å². The molecule has 0 atom stereocenters. The van der Waals surface area contributed by atoms with Crippen LogP contribution >= 0.6 is 0 Å². The van der Waals surface area contributed by atoms with Gasteiger partial charge in [0.2, 0.25) is 0 Å². The fourth-order valence-corrected chi connectivity index (χ4v) is 4.71. The van der Waals surface area contributed by atoms with Crippen molar-refractivity contribution < 1.29 is 14.3 Å². The monoisotopic (exact) mass is 440 g/mol. The SMILES string of the molecule is CC1(C)Oc2ccc(C(=O)N3CCCc4ccccc43)cc2N(CCc2ccccc2)C1=O. The van der Waals surface area contributed by atoms with Crippen molar-refractivity contribution in [2.75, 3.05) is 22.9 Å². The highest BCUT2D eigenvalue weighted by Gasteiger charge is 2.41. The maximum Gasteiger partial charge on any atom is 0.270 e. The summed E-state index contributed by atoms with van der Waals surface area (Å²) >= 11 is 0. The Morgan fingerprint density at radius 2 is 1.73 bits per heavy atom. The number of ether oxygens (including phenoxy) is 1. The molecule has 5 rings (SSSR count). The summed E-state index contributed by atoms with van der Waals surface area (Å²) in [6.45, 7) is 4.79. The Bertz CT molecular complexity index is 1200. The lowest BCUT2D eigenvalue weighted by atomic mass is 9.99. The van der Waals surface area contributed by atoms with Crippen molar-refractivity contribution in [2.24, 2.45) is 0 Å². The number of rotatable bonds is 4. The number of hydrogen-bond acceptors (Lipinski definition) is 3. The Morgan fingerprint density at radius 3 is 2.55 bits per heavy atom. The molecule has 0 aliphatic carbocycles. The Morgan fingerprint density at radius 1 is 0.970 bits per heavy atom. The first kappa shape index (κ1) is 21.3. The number of carbonyl (C=O) groups excluding carboxylic acids is 2. The third kappa shape index (κ3) is 3.99. The molecule has 0 radical (unpaired) electrons. The summed E-state index contributed by atoms with van der Waals surface area (Å²) < 4.78 is 6.03. The zero-order valence-electron chi connectivity index (χ0n) is 19.1. The summed E-state index contributed by atoms with van der Waals surface area (Å²) in [4.78, 5) is 30.4.